The highest BCUT2D eigenvalue weighted by atomic mass is 31.2. The van der Waals surface area contributed by atoms with Gasteiger partial charge >= 0.3 is 13.6 Å². The molecule has 0 aliphatic heterocycles. The van der Waals surface area contributed by atoms with Gasteiger partial charge in [0.1, 0.15) is 5.60 Å². The van der Waals surface area contributed by atoms with Gasteiger partial charge in [0, 0.05) is 6.08 Å². The van der Waals surface area contributed by atoms with Crippen molar-refractivity contribution in [3.8, 4) is 0 Å². The van der Waals surface area contributed by atoms with Gasteiger partial charge in [0.2, 0.25) is 0 Å². The van der Waals surface area contributed by atoms with Crippen molar-refractivity contribution in [2.24, 2.45) is 0 Å². The maximum atomic E-state index is 11.4. The van der Waals surface area contributed by atoms with Crippen LogP contribution in [-0.4, -0.2) is 21.4 Å². The summed E-state index contributed by atoms with van der Waals surface area (Å²) >= 11 is 0. The van der Waals surface area contributed by atoms with Crippen LogP contribution in [0.25, 0.3) is 6.08 Å². The zero-order chi connectivity index (χ0) is 14.7. The van der Waals surface area contributed by atoms with Crippen LogP contribution < -0.4 is 5.30 Å². The summed E-state index contributed by atoms with van der Waals surface area (Å²) in [6.45, 7) is 5.31. The maximum Gasteiger partial charge on any atom is 0.356 e. The second-order valence-corrected chi connectivity index (χ2v) is 6.61. The summed E-state index contributed by atoms with van der Waals surface area (Å²) in [4.78, 5) is 29.3. The van der Waals surface area contributed by atoms with Crippen LogP contribution in [0.1, 0.15) is 26.3 Å². The van der Waals surface area contributed by atoms with Crippen molar-refractivity contribution in [2.45, 2.75) is 26.4 Å². The summed E-state index contributed by atoms with van der Waals surface area (Å²) in [6.07, 6.45) is 2.80. The van der Waals surface area contributed by atoms with E-state index in [9.17, 15) is 9.36 Å². The van der Waals surface area contributed by atoms with Crippen molar-refractivity contribution in [3.05, 3.63) is 35.9 Å². The molecule has 0 amide bonds. The summed E-state index contributed by atoms with van der Waals surface area (Å²) in [7, 11) is -4.22. The fraction of sp³-hybridized carbons (Fsp3) is 0.308. The lowest BCUT2D eigenvalue weighted by Gasteiger charge is -2.17. The smallest absolute Gasteiger partial charge is 0.356 e. The predicted molar refractivity (Wildman–Crippen MR) is 73.0 cm³/mol. The topological polar surface area (TPSA) is 83.8 Å². The first kappa shape index (κ1) is 15.6. The summed E-state index contributed by atoms with van der Waals surface area (Å²) < 4.78 is 16.1. The molecule has 104 valence electrons. The van der Waals surface area contributed by atoms with Crippen molar-refractivity contribution < 1.29 is 23.9 Å². The van der Waals surface area contributed by atoms with E-state index in [-0.39, 0.29) is 5.30 Å². The van der Waals surface area contributed by atoms with Crippen LogP contribution in [0.3, 0.4) is 0 Å². The number of rotatable bonds is 3. The standard InChI is InChI=1S/C13H17O5P/c1-13(2,3)18-12(14)9-6-10-4-7-11(8-5-10)19(15,16)17/h4-9H,1-3H3,(H2,15,16,17)/b9-6+. The van der Waals surface area contributed by atoms with Gasteiger partial charge in [-0.15, -0.1) is 0 Å². The van der Waals surface area contributed by atoms with Crippen LogP contribution in [0.2, 0.25) is 0 Å². The molecule has 0 radical (unpaired) electrons. The molecule has 6 heteroatoms. The van der Waals surface area contributed by atoms with Crippen molar-refractivity contribution in [1.29, 1.82) is 0 Å². The van der Waals surface area contributed by atoms with Gasteiger partial charge < -0.3 is 14.5 Å². The van der Waals surface area contributed by atoms with E-state index in [4.69, 9.17) is 14.5 Å². The molecule has 0 fully saturated rings. The Kier molecular flexibility index (Phi) is 4.69. The number of benzene rings is 1. The fourth-order valence-corrected chi connectivity index (χ4v) is 1.82. The molecule has 0 aliphatic rings. The second kappa shape index (κ2) is 5.70. The molecular weight excluding hydrogens is 267 g/mol. The average Bonchev–Trinajstić information content (AvgIpc) is 2.23. The third kappa shape index (κ3) is 5.83. The Balaban J connectivity index is 2.73. The van der Waals surface area contributed by atoms with E-state index in [1.807, 2.05) is 0 Å². The molecule has 1 aromatic rings. The molecule has 2 N–H and O–H groups in total. The zero-order valence-electron chi connectivity index (χ0n) is 11.0. The summed E-state index contributed by atoms with van der Waals surface area (Å²) in [5, 5.41) is -0.0538. The Labute approximate surface area is 112 Å². The minimum absolute atomic E-state index is 0.0538. The predicted octanol–water partition coefficient (Wildman–Crippen LogP) is 1.84. The van der Waals surface area contributed by atoms with Crippen LogP contribution in [-0.2, 0) is 14.1 Å². The quantitative estimate of drug-likeness (QED) is 0.502. The monoisotopic (exact) mass is 284 g/mol. The minimum atomic E-state index is -4.22. The van der Waals surface area contributed by atoms with E-state index in [0.29, 0.717) is 5.56 Å². The molecule has 5 nitrogen and oxygen atoms in total. The lowest BCUT2D eigenvalue weighted by molar-refractivity contribution is -0.148. The van der Waals surface area contributed by atoms with Crippen LogP contribution in [0.4, 0.5) is 0 Å². The molecule has 0 unspecified atom stereocenters. The van der Waals surface area contributed by atoms with Crippen molar-refractivity contribution in [2.75, 3.05) is 0 Å². The molecule has 19 heavy (non-hydrogen) atoms. The molecule has 0 atom stereocenters. The van der Waals surface area contributed by atoms with E-state index in [1.165, 1.54) is 36.4 Å². The first-order chi connectivity index (χ1) is 8.58. The molecule has 0 saturated heterocycles. The first-order valence-corrected chi connectivity index (χ1v) is 7.26. The third-order valence-corrected chi connectivity index (χ3v) is 3.02. The average molecular weight is 284 g/mol. The Morgan fingerprint density at radius 1 is 1.21 bits per heavy atom. The van der Waals surface area contributed by atoms with Crippen molar-refractivity contribution in [3.63, 3.8) is 0 Å². The molecule has 0 spiro atoms. The highest BCUT2D eigenvalue weighted by Crippen LogP contribution is 2.32. The molecule has 0 aliphatic carbocycles. The Hall–Kier alpha value is -1.42. The van der Waals surface area contributed by atoms with Crippen LogP contribution in [0, 0.1) is 0 Å². The lowest BCUT2D eigenvalue weighted by Crippen LogP contribution is -2.22. The van der Waals surface area contributed by atoms with E-state index >= 15 is 0 Å². The molecule has 0 aromatic heterocycles. The van der Waals surface area contributed by atoms with Gasteiger partial charge in [0.15, 0.2) is 0 Å². The molecule has 0 bridgehead atoms. The molecule has 0 heterocycles. The molecule has 1 aromatic carbocycles. The van der Waals surface area contributed by atoms with Crippen LogP contribution in [0.5, 0.6) is 0 Å². The lowest BCUT2D eigenvalue weighted by atomic mass is 10.2. The van der Waals surface area contributed by atoms with Crippen LogP contribution >= 0.6 is 7.60 Å². The number of hydrogen-bond donors (Lipinski definition) is 2. The maximum absolute atomic E-state index is 11.4. The molecular formula is C13H17O5P. The van der Waals surface area contributed by atoms with Gasteiger partial charge in [-0.25, -0.2) is 4.79 Å². The number of carbonyl (C=O) groups excluding carboxylic acids is 1. The Bertz CT molecular complexity index is 519. The number of esters is 1. The van der Waals surface area contributed by atoms with Gasteiger partial charge in [-0.05, 0) is 44.5 Å². The summed E-state index contributed by atoms with van der Waals surface area (Å²) in [6, 6.07) is 5.70. The van der Waals surface area contributed by atoms with Crippen LogP contribution in [0.15, 0.2) is 30.3 Å². The van der Waals surface area contributed by atoms with Crippen molar-refractivity contribution >= 4 is 24.9 Å². The molecule has 0 saturated carbocycles. The highest BCUT2D eigenvalue weighted by molar-refractivity contribution is 7.60. The highest BCUT2D eigenvalue weighted by Gasteiger charge is 2.16. The SMILES string of the molecule is CC(C)(C)OC(=O)/C=C/c1ccc(P(=O)(O)O)cc1. The first-order valence-electron chi connectivity index (χ1n) is 5.65. The normalized spacial score (nSPS) is 12.7. The van der Waals surface area contributed by atoms with Gasteiger partial charge in [0.25, 0.3) is 0 Å². The van der Waals surface area contributed by atoms with E-state index < -0.39 is 19.2 Å². The minimum Gasteiger partial charge on any atom is -0.457 e. The summed E-state index contributed by atoms with van der Waals surface area (Å²) in [5.74, 6) is -0.466. The number of carbonyl (C=O) groups is 1. The number of hydrogen-bond acceptors (Lipinski definition) is 3. The van der Waals surface area contributed by atoms with E-state index in [1.54, 1.807) is 20.8 Å². The summed E-state index contributed by atoms with van der Waals surface area (Å²) in [5.41, 5.74) is 0.106. The Morgan fingerprint density at radius 2 is 1.74 bits per heavy atom. The fourth-order valence-electron chi connectivity index (χ4n) is 1.28. The van der Waals surface area contributed by atoms with E-state index in [2.05, 4.69) is 0 Å². The largest absolute Gasteiger partial charge is 0.457 e. The number of ether oxygens (including phenoxy) is 1. The second-order valence-electron chi connectivity index (χ2n) is 5.00. The third-order valence-electron chi connectivity index (χ3n) is 2.05. The van der Waals surface area contributed by atoms with Gasteiger partial charge in [-0.2, -0.15) is 0 Å². The van der Waals surface area contributed by atoms with Gasteiger partial charge in [0.05, 0.1) is 5.30 Å². The van der Waals surface area contributed by atoms with E-state index in [0.717, 1.165) is 0 Å². The zero-order valence-corrected chi connectivity index (χ0v) is 11.9. The van der Waals surface area contributed by atoms with Gasteiger partial charge in [-0.1, -0.05) is 12.1 Å². The molecule has 1 rings (SSSR count). The Morgan fingerprint density at radius 3 is 2.16 bits per heavy atom. The van der Waals surface area contributed by atoms with Crippen molar-refractivity contribution in [1.82, 2.24) is 0 Å². The van der Waals surface area contributed by atoms with Gasteiger partial charge in [-0.3, -0.25) is 4.57 Å².